The number of H-pyrrole nitrogens is 1. The molecular weight excluding hydrogens is 310 g/mol. The third kappa shape index (κ3) is 3.77. The number of rotatable bonds is 6. The number of carbonyl (C=O) groups is 1. The van der Waals surface area contributed by atoms with Crippen molar-refractivity contribution in [1.82, 2.24) is 14.8 Å². The van der Waals surface area contributed by atoms with Gasteiger partial charge in [-0.05, 0) is 37.6 Å². The molecule has 21 heavy (non-hydrogen) atoms. The van der Waals surface area contributed by atoms with Crippen LogP contribution in [0.15, 0.2) is 34.2 Å². The Hall–Kier alpha value is -1.53. The molecule has 0 spiro atoms. The summed E-state index contributed by atoms with van der Waals surface area (Å²) in [5.74, 6) is -0.0184. The third-order valence-electron chi connectivity index (χ3n) is 2.95. The fourth-order valence-corrected chi connectivity index (χ4v) is 2.96. The Morgan fingerprint density at radius 2 is 2.10 bits per heavy atom. The van der Waals surface area contributed by atoms with Gasteiger partial charge in [0.2, 0.25) is 0 Å². The molecule has 0 aliphatic rings. The topological polar surface area (TPSA) is 67.8 Å². The molecule has 1 aromatic heterocycles. The number of aromatic amines is 1. The summed E-state index contributed by atoms with van der Waals surface area (Å²) in [7, 11) is 0. The number of hydrogen-bond donors (Lipinski definition) is 1. The maximum absolute atomic E-state index is 12.3. The van der Waals surface area contributed by atoms with Gasteiger partial charge < -0.3 is 0 Å². The lowest BCUT2D eigenvalue weighted by atomic mass is 10.1. The number of aromatic nitrogens is 3. The molecule has 2 aromatic rings. The molecule has 0 saturated carbocycles. The van der Waals surface area contributed by atoms with Crippen LogP contribution in [-0.2, 0) is 6.54 Å². The molecule has 0 unspecified atom stereocenters. The maximum Gasteiger partial charge on any atom is 0.343 e. The lowest BCUT2D eigenvalue weighted by Crippen LogP contribution is -2.19. The summed E-state index contributed by atoms with van der Waals surface area (Å²) in [6.45, 7) is 4.37. The van der Waals surface area contributed by atoms with E-state index in [9.17, 15) is 9.59 Å². The normalized spacial score (nSPS) is 12.3. The zero-order valence-corrected chi connectivity index (χ0v) is 13.4. The van der Waals surface area contributed by atoms with Gasteiger partial charge in [0, 0.05) is 17.1 Å². The summed E-state index contributed by atoms with van der Waals surface area (Å²) in [5.41, 5.74) is 0.352. The summed E-state index contributed by atoms with van der Waals surface area (Å²) >= 11 is 7.09. The van der Waals surface area contributed by atoms with Gasteiger partial charge in [-0.2, -0.15) is 0 Å². The average molecular weight is 326 g/mol. The molecule has 0 radical (unpaired) electrons. The van der Waals surface area contributed by atoms with Crippen LogP contribution in [0.3, 0.4) is 0 Å². The second-order valence-corrected chi connectivity index (χ2v) is 6.34. The van der Waals surface area contributed by atoms with Crippen molar-refractivity contribution in [3.05, 3.63) is 45.3 Å². The molecule has 0 bridgehead atoms. The van der Waals surface area contributed by atoms with Crippen LogP contribution in [-0.4, -0.2) is 25.8 Å². The third-order valence-corrected chi connectivity index (χ3v) is 4.29. The molecule has 1 N–H and O–H groups in total. The minimum atomic E-state index is -0.336. The largest absolute Gasteiger partial charge is 0.343 e. The highest BCUT2D eigenvalue weighted by Gasteiger charge is 2.20. The fourth-order valence-electron chi connectivity index (χ4n) is 1.87. The molecular formula is C14H16ClN3O2S. The van der Waals surface area contributed by atoms with E-state index in [0.717, 1.165) is 6.42 Å². The van der Waals surface area contributed by atoms with Crippen molar-refractivity contribution >= 4 is 29.1 Å². The van der Waals surface area contributed by atoms with Crippen LogP contribution in [0.1, 0.15) is 30.6 Å². The minimum absolute atomic E-state index is 0.0184. The van der Waals surface area contributed by atoms with Crippen molar-refractivity contribution < 1.29 is 4.79 Å². The second kappa shape index (κ2) is 6.95. The van der Waals surface area contributed by atoms with E-state index in [-0.39, 0.29) is 16.7 Å². The van der Waals surface area contributed by atoms with E-state index < -0.39 is 0 Å². The van der Waals surface area contributed by atoms with Crippen LogP contribution in [0.4, 0.5) is 0 Å². The predicted octanol–water partition coefficient (Wildman–Crippen LogP) is 3.00. The van der Waals surface area contributed by atoms with Crippen molar-refractivity contribution in [2.45, 2.75) is 37.2 Å². The van der Waals surface area contributed by atoms with Gasteiger partial charge in [0.15, 0.2) is 10.9 Å². The molecule has 0 amide bonds. The first-order chi connectivity index (χ1) is 10.0. The van der Waals surface area contributed by atoms with Crippen molar-refractivity contribution in [3.8, 4) is 0 Å². The van der Waals surface area contributed by atoms with Crippen LogP contribution < -0.4 is 5.69 Å². The summed E-state index contributed by atoms with van der Waals surface area (Å²) < 4.78 is 1.55. The molecule has 1 aromatic carbocycles. The second-order valence-electron chi connectivity index (χ2n) is 4.59. The molecule has 1 heterocycles. The number of Topliss-reactive ketones (excluding diaryl/α,β-unsaturated/α-hetero) is 1. The molecule has 0 aliphatic carbocycles. The summed E-state index contributed by atoms with van der Waals surface area (Å²) in [5, 5.41) is 7.20. The molecule has 0 fully saturated rings. The molecule has 0 saturated heterocycles. The highest BCUT2D eigenvalue weighted by atomic mass is 35.5. The first-order valence-corrected chi connectivity index (χ1v) is 7.90. The number of halogens is 1. The summed E-state index contributed by atoms with van der Waals surface area (Å²) in [6, 6.07) is 6.78. The average Bonchev–Trinajstić information content (AvgIpc) is 2.81. The van der Waals surface area contributed by atoms with Crippen LogP contribution in [0.25, 0.3) is 0 Å². The van der Waals surface area contributed by atoms with E-state index in [1.54, 1.807) is 35.8 Å². The van der Waals surface area contributed by atoms with Crippen LogP contribution in [0.5, 0.6) is 0 Å². The van der Waals surface area contributed by atoms with Crippen LogP contribution >= 0.6 is 23.4 Å². The number of hydrogen-bond acceptors (Lipinski definition) is 4. The number of benzene rings is 1. The number of nitrogens with zero attached hydrogens (tertiary/aromatic N) is 2. The van der Waals surface area contributed by atoms with Crippen LogP contribution in [0.2, 0.25) is 5.02 Å². The molecule has 112 valence electrons. The molecule has 5 nitrogen and oxygen atoms in total. The molecule has 2 rings (SSSR count). The van der Waals surface area contributed by atoms with Crippen LogP contribution in [0, 0.1) is 0 Å². The Labute approximate surface area is 131 Å². The Kier molecular flexibility index (Phi) is 5.25. The van der Waals surface area contributed by atoms with E-state index in [4.69, 9.17) is 11.6 Å². The smallest absolute Gasteiger partial charge is 0.293 e. The van der Waals surface area contributed by atoms with Crippen molar-refractivity contribution in [2.75, 3.05) is 0 Å². The van der Waals surface area contributed by atoms with E-state index >= 15 is 0 Å². The van der Waals surface area contributed by atoms with Gasteiger partial charge in [-0.15, -0.1) is 5.10 Å². The van der Waals surface area contributed by atoms with Gasteiger partial charge in [-0.25, -0.2) is 9.89 Å². The highest BCUT2D eigenvalue weighted by molar-refractivity contribution is 8.00. The minimum Gasteiger partial charge on any atom is -0.293 e. The van der Waals surface area contributed by atoms with E-state index in [1.807, 2.05) is 6.92 Å². The number of nitrogens with one attached hydrogen (secondary N) is 1. The van der Waals surface area contributed by atoms with Crippen molar-refractivity contribution in [1.29, 1.82) is 0 Å². The quantitative estimate of drug-likeness (QED) is 0.655. The SMILES string of the molecule is CCCn1c(S[C@H](C)C(=O)c2ccc(Cl)cc2)n[nH]c1=O. The lowest BCUT2D eigenvalue weighted by Gasteiger charge is -2.10. The van der Waals surface area contributed by atoms with Gasteiger partial charge in [0.1, 0.15) is 0 Å². The standard InChI is InChI=1S/C14H16ClN3O2S/c1-3-8-18-13(20)16-17-14(18)21-9(2)12(19)10-4-6-11(15)7-5-10/h4-7,9H,3,8H2,1-2H3,(H,16,20)/t9-/m1/s1. The van der Waals surface area contributed by atoms with Crippen molar-refractivity contribution in [3.63, 3.8) is 0 Å². The number of carbonyl (C=O) groups excluding carboxylic acids is 1. The van der Waals surface area contributed by atoms with Gasteiger partial charge in [-0.3, -0.25) is 9.36 Å². The lowest BCUT2D eigenvalue weighted by molar-refractivity contribution is 0.0994. The Morgan fingerprint density at radius 3 is 2.71 bits per heavy atom. The Morgan fingerprint density at radius 1 is 1.43 bits per heavy atom. The maximum atomic E-state index is 12.3. The van der Waals surface area contributed by atoms with E-state index in [1.165, 1.54) is 11.8 Å². The summed E-state index contributed by atoms with van der Waals surface area (Å²) in [4.78, 5) is 24.0. The zero-order chi connectivity index (χ0) is 15.4. The number of thioether (sulfide) groups is 1. The van der Waals surface area contributed by atoms with Gasteiger partial charge in [-0.1, -0.05) is 30.3 Å². The Balaban J connectivity index is 2.14. The predicted molar refractivity (Wildman–Crippen MR) is 84.2 cm³/mol. The Bertz CT molecular complexity index is 678. The fraction of sp³-hybridized carbons (Fsp3) is 0.357. The van der Waals surface area contributed by atoms with E-state index in [2.05, 4.69) is 10.2 Å². The molecule has 0 aliphatic heterocycles. The van der Waals surface area contributed by atoms with Gasteiger partial charge >= 0.3 is 5.69 Å². The highest BCUT2D eigenvalue weighted by Crippen LogP contribution is 2.23. The molecule has 7 heteroatoms. The molecule has 1 atom stereocenters. The van der Waals surface area contributed by atoms with Crippen molar-refractivity contribution in [2.24, 2.45) is 0 Å². The zero-order valence-electron chi connectivity index (χ0n) is 11.8. The monoisotopic (exact) mass is 325 g/mol. The van der Waals surface area contributed by atoms with Gasteiger partial charge in [0.25, 0.3) is 0 Å². The summed E-state index contributed by atoms with van der Waals surface area (Å²) in [6.07, 6.45) is 0.826. The number of ketones is 1. The van der Waals surface area contributed by atoms with Gasteiger partial charge in [0.05, 0.1) is 5.25 Å². The first kappa shape index (κ1) is 15.9. The first-order valence-electron chi connectivity index (χ1n) is 6.64. The van der Waals surface area contributed by atoms with E-state index in [0.29, 0.717) is 22.3 Å².